The third kappa shape index (κ3) is 11.5. The second-order valence-corrected chi connectivity index (χ2v) is 28.5. The van der Waals surface area contributed by atoms with E-state index in [0.717, 1.165) is 31.5 Å². The molecule has 2 aliphatic rings. The average Bonchev–Trinajstić information content (AvgIpc) is 3.30. The molecule has 0 spiro atoms. The average molecular weight is 765 g/mol. The van der Waals surface area contributed by atoms with Gasteiger partial charge < -0.3 is 18.5 Å². The SMILES string of the molecule is [C-]#[N+]C1=C(/C=C/C=C2C=C(/C=C/c3ccc(N(CCO[Si](C)(C)C(C)(C)C)CCO[Si](C)(C)C(C)(C)C)cc3)CC(C)(C)C/2)C(C)(C)O/C1=C(\C#N)[N+]#[C-]. The summed E-state index contributed by atoms with van der Waals surface area (Å²) in [5, 5.41) is 9.73. The molecule has 0 aromatic heterocycles. The third-order valence-corrected chi connectivity index (χ3v) is 20.4. The maximum Gasteiger partial charge on any atom is 0.292 e. The van der Waals surface area contributed by atoms with Gasteiger partial charge in [-0.25, -0.2) is 15.0 Å². The van der Waals surface area contributed by atoms with Crippen LogP contribution in [0.4, 0.5) is 5.69 Å². The highest BCUT2D eigenvalue weighted by atomic mass is 28.4. The number of anilines is 1. The molecular formula is C45H64N4O3Si2. The Morgan fingerprint density at radius 3 is 1.93 bits per heavy atom. The maximum atomic E-state index is 9.39. The number of rotatable bonds is 13. The fraction of sp³-hybridized carbons (Fsp3) is 0.533. The van der Waals surface area contributed by atoms with Crippen LogP contribution in [0.2, 0.25) is 36.3 Å². The van der Waals surface area contributed by atoms with Crippen molar-refractivity contribution in [2.75, 3.05) is 31.2 Å². The molecule has 290 valence electrons. The standard InChI is InChI=1S/C45H64N4O3Si2/c1-42(2,3)53(13,14)50-28-26-49(27-29-51-54(15,16)43(4,5)6)37-24-22-34(23-25-37)20-21-36-30-35(31-44(7,8)32-36)18-17-19-38-40(48-12)41(39(33-46)47-11)52-45(38,9)10/h17-25,30H,26-29,31-32H2,1-10,13-16H3/b19-17+,21-20+,35-18-,41-39+. The summed E-state index contributed by atoms with van der Waals surface area (Å²) in [6, 6.07) is 10.7. The molecular weight excluding hydrogens is 701 g/mol. The van der Waals surface area contributed by atoms with Gasteiger partial charge in [0.2, 0.25) is 5.70 Å². The lowest BCUT2D eigenvalue weighted by atomic mass is 9.75. The van der Waals surface area contributed by atoms with Gasteiger partial charge in [-0.2, -0.15) is 0 Å². The summed E-state index contributed by atoms with van der Waals surface area (Å²) in [6.45, 7) is 49.3. The summed E-state index contributed by atoms with van der Waals surface area (Å²) >= 11 is 0. The van der Waals surface area contributed by atoms with Gasteiger partial charge in [0.25, 0.3) is 5.70 Å². The molecule has 1 aliphatic heterocycles. The van der Waals surface area contributed by atoms with Crippen LogP contribution in [0.25, 0.3) is 15.8 Å². The molecule has 9 heteroatoms. The third-order valence-electron chi connectivity index (χ3n) is 11.3. The molecule has 1 heterocycles. The van der Waals surface area contributed by atoms with Crippen molar-refractivity contribution in [2.24, 2.45) is 5.41 Å². The number of hydrogen-bond donors (Lipinski definition) is 0. The zero-order valence-corrected chi connectivity index (χ0v) is 37.5. The number of benzene rings is 1. The molecule has 3 rings (SSSR count). The van der Waals surface area contributed by atoms with Crippen molar-refractivity contribution in [2.45, 2.75) is 124 Å². The van der Waals surface area contributed by atoms with Crippen molar-refractivity contribution in [3.63, 3.8) is 0 Å². The summed E-state index contributed by atoms with van der Waals surface area (Å²) in [6.07, 6.45) is 14.5. The summed E-state index contributed by atoms with van der Waals surface area (Å²) in [5.41, 5.74) is 4.72. The van der Waals surface area contributed by atoms with E-state index < -0.39 is 22.2 Å². The van der Waals surface area contributed by atoms with Crippen LogP contribution < -0.4 is 4.90 Å². The molecule has 0 N–H and O–H groups in total. The quantitative estimate of drug-likeness (QED) is 0.114. The Bertz CT molecular complexity index is 1790. The van der Waals surface area contributed by atoms with Crippen LogP contribution in [0.1, 0.15) is 87.6 Å². The second-order valence-electron chi connectivity index (χ2n) is 18.9. The van der Waals surface area contributed by atoms with Gasteiger partial charge in [-0.3, -0.25) is 0 Å². The lowest BCUT2D eigenvalue weighted by Gasteiger charge is -2.38. The van der Waals surface area contributed by atoms with E-state index in [1.807, 2.05) is 32.1 Å². The summed E-state index contributed by atoms with van der Waals surface area (Å²) in [4.78, 5) is 9.32. The van der Waals surface area contributed by atoms with Crippen molar-refractivity contribution in [1.29, 1.82) is 5.26 Å². The normalized spacial score (nSPS) is 19.4. The highest BCUT2D eigenvalue weighted by molar-refractivity contribution is 6.74. The van der Waals surface area contributed by atoms with Crippen molar-refractivity contribution in [1.82, 2.24) is 0 Å². The maximum absolute atomic E-state index is 9.39. The molecule has 0 atom stereocenters. The van der Waals surface area contributed by atoms with Gasteiger partial charge in [0.05, 0.1) is 32.4 Å². The summed E-state index contributed by atoms with van der Waals surface area (Å²) < 4.78 is 19.1. The topological polar surface area (TPSA) is 63.4 Å². The van der Waals surface area contributed by atoms with E-state index in [2.05, 4.69) is 145 Å². The second kappa shape index (κ2) is 17.3. The van der Waals surface area contributed by atoms with Crippen LogP contribution in [0, 0.1) is 29.9 Å². The largest absolute Gasteiger partial charge is 0.505 e. The number of nitrogens with zero attached hydrogens (tertiary/aromatic N) is 4. The Kier molecular flexibility index (Phi) is 14.2. The van der Waals surface area contributed by atoms with Crippen molar-refractivity contribution in [3.05, 3.63) is 117 Å². The van der Waals surface area contributed by atoms with Crippen LogP contribution in [0.3, 0.4) is 0 Å². The zero-order valence-electron chi connectivity index (χ0n) is 35.5. The number of nitriles is 1. The molecule has 0 unspecified atom stereocenters. The zero-order chi connectivity index (χ0) is 40.8. The predicted octanol–water partition coefficient (Wildman–Crippen LogP) is 12.4. The molecule has 0 amide bonds. The molecule has 0 saturated heterocycles. The van der Waals surface area contributed by atoms with Crippen molar-refractivity contribution >= 4 is 28.4 Å². The van der Waals surface area contributed by atoms with Crippen LogP contribution in [0.15, 0.2) is 88.5 Å². The van der Waals surface area contributed by atoms with Crippen LogP contribution in [0.5, 0.6) is 0 Å². The van der Waals surface area contributed by atoms with E-state index in [0.29, 0.717) is 18.8 Å². The van der Waals surface area contributed by atoms with Crippen molar-refractivity contribution < 1.29 is 13.6 Å². The molecule has 0 radical (unpaired) electrons. The highest BCUT2D eigenvalue weighted by Gasteiger charge is 2.39. The Morgan fingerprint density at radius 1 is 0.889 bits per heavy atom. The monoisotopic (exact) mass is 764 g/mol. The van der Waals surface area contributed by atoms with Gasteiger partial charge >= 0.3 is 0 Å². The minimum atomic E-state index is -1.85. The number of allylic oxidation sites excluding steroid dienone is 7. The first kappa shape index (κ1) is 44.5. The van der Waals surface area contributed by atoms with Gasteiger partial charge in [0.1, 0.15) is 11.4 Å². The van der Waals surface area contributed by atoms with E-state index in [1.165, 1.54) is 16.8 Å². The van der Waals surface area contributed by atoms with Gasteiger partial charge in [-0.15, -0.1) is 0 Å². The van der Waals surface area contributed by atoms with E-state index in [-0.39, 0.29) is 32.6 Å². The minimum absolute atomic E-state index is 0.0676. The van der Waals surface area contributed by atoms with E-state index >= 15 is 0 Å². The summed E-state index contributed by atoms with van der Waals surface area (Å²) in [7, 11) is -3.71. The van der Waals surface area contributed by atoms with E-state index in [1.54, 1.807) is 0 Å². The highest BCUT2D eigenvalue weighted by Crippen LogP contribution is 2.42. The first-order chi connectivity index (χ1) is 24.9. The van der Waals surface area contributed by atoms with E-state index in [9.17, 15) is 5.26 Å². The Morgan fingerprint density at radius 2 is 1.44 bits per heavy atom. The van der Waals surface area contributed by atoms with Crippen LogP contribution in [-0.2, 0) is 13.6 Å². The van der Waals surface area contributed by atoms with Gasteiger partial charge in [-0.1, -0.05) is 104 Å². The lowest BCUT2D eigenvalue weighted by molar-refractivity contribution is 0.0951. The number of hydrogen-bond acceptors (Lipinski definition) is 5. The molecule has 0 fully saturated rings. The van der Waals surface area contributed by atoms with Gasteiger partial charge in [-0.05, 0) is 97.2 Å². The Balaban J connectivity index is 1.82. The molecule has 1 aromatic rings. The minimum Gasteiger partial charge on any atom is -0.505 e. The van der Waals surface area contributed by atoms with Gasteiger partial charge in [0, 0.05) is 24.4 Å². The Hall–Kier alpha value is -3.92. The van der Waals surface area contributed by atoms with E-state index in [4.69, 9.17) is 26.7 Å². The van der Waals surface area contributed by atoms with Gasteiger partial charge in [0.15, 0.2) is 16.6 Å². The predicted molar refractivity (Wildman–Crippen MR) is 230 cm³/mol. The first-order valence-corrected chi connectivity index (χ1v) is 24.9. The molecule has 7 nitrogen and oxygen atoms in total. The molecule has 1 aromatic carbocycles. The molecule has 1 aliphatic carbocycles. The first-order valence-electron chi connectivity index (χ1n) is 19.1. The summed E-state index contributed by atoms with van der Waals surface area (Å²) in [5.74, 6) is 0.0676. The number of ether oxygens (including phenoxy) is 1. The Labute approximate surface area is 329 Å². The van der Waals surface area contributed by atoms with Crippen LogP contribution in [-0.4, -0.2) is 48.5 Å². The lowest BCUT2D eigenvalue weighted by Crippen LogP contribution is -2.44. The molecule has 54 heavy (non-hydrogen) atoms. The fourth-order valence-electron chi connectivity index (χ4n) is 6.06. The van der Waals surface area contributed by atoms with Crippen molar-refractivity contribution in [3.8, 4) is 6.07 Å². The molecule has 0 saturated carbocycles. The smallest absolute Gasteiger partial charge is 0.292 e. The fourth-order valence-corrected chi connectivity index (χ4v) is 8.13. The molecule has 0 bridgehead atoms. The van der Waals surface area contributed by atoms with Crippen LogP contribution >= 0.6 is 0 Å².